The second-order valence-corrected chi connectivity index (χ2v) is 5.12. The lowest BCUT2D eigenvalue weighted by Gasteiger charge is -2.21. The number of hydrogen-bond acceptors (Lipinski definition) is 3. The van der Waals surface area contributed by atoms with E-state index < -0.39 is 0 Å². The van der Waals surface area contributed by atoms with Crippen molar-refractivity contribution in [2.45, 2.75) is 26.3 Å². The Morgan fingerprint density at radius 3 is 2.81 bits per heavy atom. The van der Waals surface area contributed by atoms with Crippen LogP contribution in [0, 0.1) is 12.7 Å². The molecule has 2 rings (SSSR count). The third-order valence-electron chi connectivity index (χ3n) is 3.57. The van der Waals surface area contributed by atoms with Gasteiger partial charge in [0.2, 0.25) is 0 Å². The maximum atomic E-state index is 13.9. The standard InChI is InChI=1S/C16H22FN3O/c1-5-8-18-15(12-7-6-11(2)13(17)9-12)16-14(21-4)10-19-20(16)3/h6-7,9-10,15,18H,5,8H2,1-4H3. The molecular formula is C16H22FN3O. The maximum absolute atomic E-state index is 13.9. The summed E-state index contributed by atoms with van der Waals surface area (Å²) in [6.45, 7) is 4.69. The average molecular weight is 291 g/mol. The van der Waals surface area contributed by atoms with Crippen molar-refractivity contribution in [2.24, 2.45) is 7.05 Å². The summed E-state index contributed by atoms with van der Waals surface area (Å²) >= 11 is 0. The monoisotopic (exact) mass is 291 g/mol. The molecule has 0 amide bonds. The highest BCUT2D eigenvalue weighted by Gasteiger charge is 2.22. The van der Waals surface area contributed by atoms with Crippen LogP contribution >= 0.6 is 0 Å². The summed E-state index contributed by atoms with van der Waals surface area (Å²) in [4.78, 5) is 0. The van der Waals surface area contributed by atoms with Crippen LogP contribution in [0.5, 0.6) is 5.75 Å². The van der Waals surface area contributed by atoms with E-state index in [-0.39, 0.29) is 11.9 Å². The topological polar surface area (TPSA) is 39.1 Å². The van der Waals surface area contributed by atoms with Gasteiger partial charge in [-0.1, -0.05) is 19.1 Å². The van der Waals surface area contributed by atoms with E-state index in [4.69, 9.17) is 4.74 Å². The lowest BCUT2D eigenvalue weighted by molar-refractivity contribution is 0.400. The van der Waals surface area contributed by atoms with E-state index in [1.54, 1.807) is 37.0 Å². The molecule has 1 unspecified atom stereocenters. The van der Waals surface area contributed by atoms with E-state index in [1.807, 2.05) is 13.1 Å². The summed E-state index contributed by atoms with van der Waals surface area (Å²) in [6, 6.07) is 5.17. The van der Waals surface area contributed by atoms with E-state index in [0.29, 0.717) is 11.3 Å². The highest BCUT2D eigenvalue weighted by Crippen LogP contribution is 2.30. The zero-order chi connectivity index (χ0) is 15.4. The van der Waals surface area contributed by atoms with Crippen molar-refractivity contribution in [3.63, 3.8) is 0 Å². The Hall–Kier alpha value is -1.88. The lowest BCUT2D eigenvalue weighted by atomic mass is 10.0. The molecule has 0 fully saturated rings. The molecule has 1 heterocycles. The fourth-order valence-corrected chi connectivity index (χ4v) is 2.36. The number of aryl methyl sites for hydroxylation is 2. The molecule has 0 radical (unpaired) electrons. The van der Waals surface area contributed by atoms with Crippen molar-refractivity contribution >= 4 is 0 Å². The quantitative estimate of drug-likeness (QED) is 0.889. The number of benzene rings is 1. The first-order valence-corrected chi connectivity index (χ1v) is 7.13. The van der Waals surface area contributed by atoms with Crippen LogP contribution in [0.15, 0.2) is 24.4 Å². The predicted octanol–water partition coefficient (Wildman–Crippen LogP) is 2.97. The minimum absolute atomic E-state index is 0.150. The second-order valence-electron chi connectivity index (χ2n) is 5.12. The van der Waals surface area contributed by atoms with Crippen LogP contribution in [0.25, 0.3) is 0 Å². The minimum atomic E-state index is -0.197. The Kier molecular flexibility index (Phi) is 4.96. The molecule has 1 aromatic carbocycles. The van der Waals surface area contributed by atoms with Crippen LogP contribution in [-0.2, 0) is 7.05 Å². The summed E-state index contributed by atoms with van der Waals surface area (Å²) in [5, 5.41) is 7.68. The van der Waals surface area contributed by atoms with Crippen molar-refractivity contribution < 1.29 is 9.13 Å². The van der Waals surface area contributed by atoms with E-state index in [1.165, 1.54) is 0 Å². The number of halogens is 1. The Balaban J connectivity index is 2.46. The summed E-state index contributed by atoms with van der Waals surface area (Å²) < 4.78 is 21.1. The van der Waals surface area contributed by atoms with Crippen LogP contribution in [0.4, 0.5) is 4.39 Å². The van der Waals surface area contributed by atoms with Gasteiger partial charge in [0.1, 0.15) is 11.5 Å². The van der Waals surface area contributed by atoms with E-state index in [2.05, 4.69) is 17.3 Å². The van der Waals surface area contributed by atoms with E-state index >= 15 is 0 Å². The van der Waals surface area contributed by atoms with Gasteiger partial charge in [-0.2, -0.15) is 5.10 Å². The Labute approximate surface area is 124 Å². The van der Waals surface area contributed by atoms with Crippen molar-refractivity contribution in [2.75, 3.05) is 13.7 Å². The molecule has 1 aromatic heterocycles. The van der Waals surface area contributed by atoms with Gasteiger partial charge in [-0.05, 0) is 37.1 Å². The van der Waals surface area contributed by atoms with Gasteiger partial charge in [0, 0.05) is 7.05 Å². The van der Waals surface area contributed by atoms with Crippen LogP contribution in [0.2, 0.25) is 0 Å². The first-order chi connectivity index (χ1) is 10.1. The Morgan fingerprint density at radius 2 is 2.19 bits per heavy atom. The van der Waals surface area contributed by atoms with Crippen LogP contribution in [0.1, 0.15) is 36.2 Å². The molecule has 0 aliphatic heterocycles. The fourth-order valence-electron chi connectivity index (χ4n) is 2.36. The molecule has 5 heteroatoms. The molecular weight excluding hydrogens is 269 g/mol. The molecule has 1 N–H and O–H groups in total. The van der Waals surface area contributed by atoms with Gasteiger partial charge < -0.3 is 10.1 Å². The largest absolute Gasteiger partial charge is 0.493 e. The first kappa shape index (κ1) is 15.5. The number of hydrogen-bond donors (Lipinski definition) is 1. The molecule has 1 atom stereocenters. The summed E-state index contributed by atoms with van der Waals surface area (Å²) in [5.41, 5.74) is 2.41. The normalized spacial score (nSPS) is 12.4. The molecule has 21 heavy (non-hydrogen) atoms. The summed E-state index contributed by atoms with van der Waals surface area (Å²) in [6.07, 6.45) is 2.67. The SMILES string of the molecule is CCCNC(c1ccc(C)c(F)c1)c1c(OC)cnn1C. The Bertz CT molecular complexity index is 610. The van der Waals surface area contributed by atoms with Crippen molar-refractivity contribution in [3.8, 4) is 5.75 Å². The second kappa shape index (κ2) is 6.72. The smallest absolute Gasteiger partial charge is 0.161 e. The fraction of sp³-hybridized carbons (Fsp3) is 0.438. The third-order valence-corrected chi connectivity index (χ3v) is 3.57. The molecule has 0 spiro atoms. The number of rotatable bonds is 6. The average Bonchev–Trinajstić information content (AvgIpc) is 2.84. The molecule has 0 saturated carbocycles. The Morgan fingerprint density at radius 1 is 1.43 bits per heavy atom. The van der Waals surface area contributed by atoms with E-state index in [9.17, 15) is 4.39 Å². The molecule has 0 aliphatic carbocycles. The van der Waals surface area contributed by atoms with Gasteiger partial charge in [0.25, 0.3) is 0 Å². The highest BCUT2D eigenvalue weighted by atomic mass is 19.1. The highest BCUT2D eigenvalue weighted by molar-refractivity contribution is 5.37. The van der Waals surface area contributed by atoms with E-state index in [0.717, 1.165) is 24.2 Å². The molecule has 4 nitrogen and oxygen atoms in total. The molecule has 0 aliphatic rings. The number of methoxy groups -OCH3 is 1. The lowest BCUT2D eigenvalue weighted by Crippen LogP contribution is -2.26. The first-order valence-electron chi connectivity index (χ1n) is 7.13. The van der Waals surface area contributed by atoms with Crippen LogP contribution < -0.4 is 10.1 Å². The predicted molar refractivity (Wildman–Crippen MR) is 81.0 cm³/mol. The van der Waals surface area contributed by atoms with Crippen LogP contribution in [-0.4, -0.2) is 23.4 Å². The number of aromatic nitrogens is 2. The zero-order valence-electron chi connectivity index (χ0n) is 13.0. The van der Waals surface area contributed by atoms with Gasteiger partial charge >= 0.3 is 0 Å². The van der Waals surface area contributed by atoms with Gasteiger partial charge in [-0.25, -0.2) is 4.39 Å². The van der Waals surface area contributed by atoms with Crippen LogP contribution in [0.3, 0.4) is 0 Å². The zero-order valence-corrected chi connectivity index (χ0v) is 13.0. The van der Waals surface area contributed by atoms with Crippen molar-refractivity contribution in [1.82, 2.24) is 15.1 Å². The van der Waals surface area contributed by atoms with Crippen molar-refractivity contribution in [1.29, 1.82) is 0 Å². The number of nitrogens with zero attached hydrogens (tertiary/aromatic N) is 2. The van der Waals surface area contributed by atoms with Crippen molar-refractivity contribution in [3.05, 3.63) is 47.0 Å². The molecule has 2 aromatic rings. The number of ether oxygens (including phenoxy) is 1. The maximum Gasteiger partial charge on any atom is 0.161 e. The minimum Gasteiger partial charge on any atom is -0.493 e. The summed E-state index contributed by atoms with van der Waals surface area (Å²) in [7, 11) is 3.48. The van der Waals surface area contributed by atoms with Gasteiger partial charge in [-0.3, -0.25) is 4.68 Å². The van der Waals surface area contributed by atoms with Gasteiger partial charge in [-0.15, -0.1) is 0 Å². The number of nitrogens with one attached hydrogen (secondary N) is 1. The van der Waals surface area contributed by atoms with Gasteiger partial charge in [0.05, 0.1) is 19.3 Å². The summed E-state index contributed by atoms with van der Waals surface area (Å²) in [5.74, 6) is 0.504. The third kappa shape index (κ3) is 3.24. The molecule has 114 valence electrons. The van der Waals surface area contributed by atoms with Gasteiger partial charge in [0.15, 0.2) is 5.75 Å². The molecule has 0 saturated heterocycles. The molecule has 0 bridgehead atoms.